The number of likely N-dealkylation sites (N-methyl/N-ethyl adjacent to an activating group) is 1. The second-order valence-electron chi connectivity index (χ2n) is 5.73. The Morgan fingerprint density at radius 3 is 2.65 bits per heavy atom. The molecule has 2 rings (SSSR count). The molecule has 0 aromatic heterocycles. The fourth-order valence-electron chi connectivity index (χ4n) is 2.63. The van der Waals surface area contributed by atoms with E-state index in [1.807, 2.05) is 45.2 Å². The van der Waals surface area contributed by atoms with Gasteiger partial charge in [-0.05, 0) is 19.4 Å². The molecule has 20 heavy (non-hydrogen) atoms. The maximum Gasteiger partial charge on any atom is 0.242 e. The lowest BCUT2D eigenvalue weighted by atomic mass is 9.96. The van der Waals surface area contributed by atoms with Gasteiger partial charge < -0.3 is 10.6 Å². The zero-order chi connectivity index (χ0) is 14.9. The van der Waals surface area contributed by atoms with Crippen molar-refractivity contribution in [3.05, 3.63) is 35.4 Å². The van der Waals surface area contributed by atoms with Crippen molar-refractivity contribution >= 4 is 23.1 Å². The number of carbonyl (C=O) groups excluding carboxylic acids is 1. The average molecular weight is 291 g/mol. The van der Waals surface area contributed by atoms with Gasteiger partial charge in [0.05, 0.1) is 5.54 Å². The largest absolute Gasteiger partial charge is 0.389 e. The van der Waals surface area contributed by atoms with Crippen LogP contribution in [-0.2, 0) is 11.3 Å². The van der Waals surface area contributed by atoms with Crippen molar-refractivity contribution in [2.75, 3.05) is 20.1 Å². The molecule has 1 heterocycles. The van der Waals surface area contributed by atoms with E-state index in [9.17, 15) is 4.79 Å². The van der Waals surface area contributed by atoms with Gasteiger partial charge in [-0.25, -0.2) is 0 Å². The highest BCUT2D eigenvalue weighted by atomic mass is 32.1. The highest BCUT2D eigenvalue weighted by molar-refractivity contribution is 7.80. The van der Waals surface area contributed by atoms with Gasteiger partial charge in [-0.15, -0.1) is 0 Å². The van der Waals surface area contributed by atoms with Crippen LogP contribution in [0.2, 0.25) is 0 Å². The van der Waals surface area contributed by atoms with E-state index >= 15 is 0 Å². The SMILES string of the molecule is CN1CCN(Cc2ccccc2C(N)=S)C(C)(C)C1=O. The molecule has 1 aromatic rings. The molecule has 1 fully saturated rings. The van der Waals surface area contributed by atoms with Gasteiger partial charge in [0, 0.05) is 32.2 Å². The van der Waals surface area contributed by atoms with Crippen LogP contribution in [0.1, 0.15) is 25.0 Å². The molecule has 1 aliphatic heterocycles. The van der Waals surface area contributed by atoms with E-state index in [1.165, 1.54) is 0 Å². The van der Waals surface area contributed by atoms with Crippen molar-refractivity contribution in [1.82, 2.24) is 9.80 Å². The number of amides is 1. The third-order valence-corrected chi connectivity index (χ3v) is 4.23. The minimum absolute atomic E-state index is 0.150. The summed E-state index contributed by atoms with van der Waals surface area (Å²) in [6, 6.07) is 7.86. The first-order chi connectivity index (χ1) is 9.34. The Bertz CT molecular complexity index is 542. The smallest absolute Gasteiger partial charge is 0.242 e. The molecule has 2 N–H and O–H groups in total. The first-order valence-electron chi connectivity index (χ1n) is 6.72. The van der Waals surface area contributed by atoms with Gasteiger partial charge in [0.2, 0.25) is 5.91 Å². The molecule has 1 saturated heterocycles. The molecular formula is C15H21N3OS. The first kappa shape index (κ1) is 14.9. The summed E-state index contributed by atoms with van der Waals surface area (Å²) < 4.78 is 0. The molecule has 108 valence electrons. The summed E-state index contributed by atoms with van der Waals surface area (Å²) >= 11 is 5.10. The number of benzene rings is 1. The Hall–Kier alpha value is -1.46. The summed E-state index contributed by atoms with van der Waals surface area (Å²) in [6.45, 7) is 6.21. The summed E-state index contributed by atoms with van der Waals surface area (Å²) in [6.07, 6.45) is 0. The molecule has 1 aliphatic rings. The normalized spacial score (nSPS) is 19.1. The summed E-state index contributed by atoms with van der Waals surface area (Å²) in [7, 11) is 1.85. The molecule has 1 amide bonds. The van der Waals surface area contributed by atoms with Crippen LogP contribution < -0.4 is 5.73 Å². The van der Waals surface area contributed by atoms with Crippen molar-refractivity contribution < 1.29 is 4.79 Å². The Balaban J connectivity index is 2.26. The maximum atomic E-state index is 12.3. The monoisotopic (exact) mass is 291 g/mol. The lowest BCUT2D eigenvalue weighted by molar-refractivity contribution is -0.147. The molecule has 0 unspecified atom stereocenters. The quantitative estimate of drug-likeness (QED) is 0.855. The van der Waals surface area contributed by atoms with Crippen molar-refractivity contribution in [2.24, 2.45) is 5.73 Å². The van der Waals surface area contributed by atoms with E-state index in [0.29, 0.717) is 11.5 Å². The number of hydrogen-bond acceptors (Lipinski definition) is 3. The van der Waals surface area contributed by atoms with Crippen molar-refractivity contribution in [3.8, 4) is 0 Å². The van der Waals surface area contributed by atoms with Crippen LogP contribution in [-0.4, -0.2) is 46.4 Å². The van der Waals surface area contributed by atoms with Crippen LogP contribution in [0.5, 0.6) is 0 Å². The average Bonchev–Trinajstić information content (AvgIpc) is 2.40. The number of piperazine rings is 1. The predicted molar refractivity (Wildman–Crippen MR) is 84.5 cm³/mol. The van der Waals surface area contributed by atoms with Crippen LogP contribution in [0.4, 0.5) is 0 Å². The standard InChI is InChI=1S/C15H21N3OS/c1-15(2)14(19)17(3)8-9-18(15)10-11-6-4-5-7-12(11)13(16)20/h4-7H,8-10H2,1-3H3,(H2,16,20). The topological polar surface area (TPSA) is 49.6 Å². The fourth-order valence-corrected chi connectivity index (χ4v) is 2.83. The van der Waals surface area contributed by atoms with Gasteiger partial charge >= 0.3 is 0 Å². The van der Waals surface area contributed by atoms with Crippen LogP contribution >= 0.6 is 12.2 Å². The minimum Gasteiger partial charge on any atom is -0.389 e. The lowest BCUT2D eigenvalue weighted by Crippen LogP contribution is -2.61. The summed E-state index contributed by atoms with van der Waals surface area (Å²) in [5.41, 5.74) is 7.24. The molecule has 0 aliphatic carbocycles. The zero-order valence-electron chi connectivity index (χ0n) is 12.2. The summed E-state index contributed by atoms with van der Waals surface area (Å²) in [5, 5.41) is 0. The lowest BCUT2D eigenvalue weighted by Gasteiger charge is -2.45. The van der Waals surface area contributed by atoms with Crippen LogP contribution in [0, 0.1) is 0 Å². The summed E-state index contributed by atoms with van der Waals surface area (Å²) in [5.74, 6) is 0.150. The van der Waals surface area contributed by atoms with Crippen LogP contribution in [0.15, 0.2) is 24.3 Å². The number of rotatable bonds is 3. The van der Waals surface area contributed by atoms with Gasteiger partial charge in [0.1, 0.15) is 4.99 Å². The highest BCUT2D eigenvalue weighted by Gasteiger charge is 2.40. The predicted octanol–water partition coefficient (Wildman–Crippen LogP) is 1.37. The molecule has 0 radical (unpaired) electrons. The van der Waals surface area contributed by atoms with Crippen LogP contribution in [0.3, 0.4) is 0 Å². The van der Waals surface area contributed by atoms with E-state index in [-0.39, 0.29) is 5.91 Å². The molecule has 1 aromatic carbocycles. The van der Waals surface area contributed by atoms with E-state index < -0.39 is 5.54 Å². The Morgan fingerprint density at radius 1 is 1.35 bits per heavy atom. The molecule has 4 nitrogen and oxygen atoms in total. The van der Waals surface area contributed by atoms with Gasteiger partial charge in [-0.2, -0.15) is 0 Å². The van der Waals surface area contributed by atoms with Crippen molar-refractivity contribution in [1.29, 1.82) is 0 Å². The third kappa shape index (κ3) is 2.69. The van der Waals surface area contributed by atoms with Crippen molar-refractivity contribution in [3.63, 3.8) is 0 Å². The molecular weight excluding hydrogens is 270 g/mol. The second-order valence-corrected chi connectivity index (χ2v) is 6.17. The van der Waals surface area contributed by atoms with E-state index in [2.05, 4.69) is 4.90 Å². The molecule has 0 saturated carbocycles. The van der Waals surface area contributed by atoms with Gasteiger partial charge in [-0.3, -0.25) is 9.69 Å². The second kappa shape index (κ2) is 5.50. The molecule has 5 heteroatoms. The van der Waals surface area contributed by atoms with Gasteiger partial charge in [0.25, 0.3) is 0 Å². The van der Waals surface area contributed by atoms with E-state index in [4.69, 9.17) is 18.0 Å². The Morgan fingerprint density at radius 2 is 2.00 bits per heavy atom. The molecule has 0 bridgehead atoms. The van der Waals surface area contributed by atoms with Crippen LogP contribution in [0.25, 0.3) is 0 Å². The van der Waals surface area contributed by atoms with Gasteiger partial charge in [-0.1, -0.05) is 36.5 Å². The molecule has 0 atom stereocenters. The Kier molecular flexibility index (Phi) is 4.11. The summed E-state index contributed by atoms with van der Waals surface area (Å²) in [4.78, 5) is 16.7. The number of hydrogen-bond donors (Lipinski definition) is 1. The number of carbonyl (C=O) groups is 1. The minimum atomic E-state index is -0.504. The fraction of sp³-hybridized carbons (Fsp3) is 0.467. The third-order valence-electron chi connectivity index (χ3n) is 4.01. The molecule has 0 spiro atoms. The van der Waals surface area contributed by atoms with Gasteiger partial charge in [0.15, 0.2) is 0 Å². The highest BCUT2D eigenvalue weighted by Crippen LogP contribution is 2.24. The first-order valence-corrected chi connectivity index (χ1v) is 7.13. The number of nitrogens with zero attached hydrogens (tertiary/aromatic N) is 2. The number of nitrogens with two attached hydrogens (primary N) is 1. The Labute approximate surface area is 125 Å². The number of thiocarbonyl (C=S) groups is 1. The van der Waals surface area contributed by atoms with Crippen molar-refractivity contribution in [2.45, 2.75) is 25.9 Å². The van der Waals surface area contributed by atoms with E-state index in [1.54, 1.807) is 4.90 Å². The van der Waals surface area contributed by atoms with E-state index in [0.717, 1.165) is 24.2 Å². The maximum absolute atomic E-state index is 12.3. The zero-order valence-corrected chi connectivity index (χ0v) is 13.0.